The number of halogens is 1. The number of benzene rings is 2. The molecule has 26 heavy (non-hydrogen) atoms. The molecule has 1 N–H and O–H groups in total. The van der Waals surface area contributed by atoms with Gasteiger partial charge in [0.15, 0.2) is 5.78 Å². The molecule has 2 aromatic carbocycles. The first-order valence-electron chi connectivity index (χ1n) is 8.57. The highest BCUT2D eigenvalue weighted by molar-refractivity contribution is 6.31. The average Bonchev–Trinajstić information content (AvgIpc) is 2.68. The fourth-order valence-electron chi connectivity index (χ4n) is 3.20. The van der Waals surface area contributed by atoms with Gasteiger partial charge in [0.2, 0.25) is 0 Å². The Morgan fingerprint density at radius 1 is 1.19 bits per heavy atom. The van der Waals surface area contributed by atoms with Crippen molar-refractivity contribution in [3.05, 3.63) is 59.1 Å². The minimum absolute atomic E-state index is 0.0299. The monoisotopic (exact) mass is 372 g/mol. The molecule has 6 heteroatoms. The molecule has 0 saturated carbocycles. The third-order valence-electron chi connectivity index (χ3n) is 4.54. The van der Waals surface area contributed by atoms with Crippen molar-refractivity contribution < 1.29 is 14.3 Å². The summed E-state index contributed by atoms with van der Waals surface area (Å²) in [6.45, 7) is 1.02. The van der Waals surface area contributed by atoms with E-state index >= 15 is 0 Å². The molecule has 1 atom stereocenters. The number of methoxy groups -OCH3 is 1. The summed E-state index contributed by atoms with van der Waals surface area (Å²) in [6.07, 6.45) is 1.56. The molecule has 0 spiro atoms. The number of amides is 2. The number of para-hydroxylation sites is 2. The van der Waals surface area contributed by atoms with E-state index in [9.17, 15) is 9.59 Å². The van der Waals surface area contributed by atoms with Crippen LogP contribution in [0.3, 0.4) is 0 Å². The van der Waals surface area contributed by atoms with Crippen molar-refractivity contribution in [2.75, 3.05) is 25.5 Å². The molecule has 1 fully saturated rings. The second-order valence-corrected chi connectivity index (χ2v) is 6.73. The number of likely N-dealkylation sites (tertiary alicyclic amines) is 1. The number of hydrogen-bond acceptors (Lipinski definition) is 3. The number of ether oxygens (including phenoxy) is 1. The van der Waals surface area contributed by atoms with E-state index in [1.807, 2.05) is 12.1 Å². The van der Waals surface area contributed by atoms with Gasteiger partial charge in [0.25, 0.3) is 0 Å². The van der Waals surface area contributed by atoms with E-state index in [1.54, 1.807) is 48.4 Å². The number of carbonyl (C=O) groups excluding carboxylic acids is 2. The van der Waals surface area contributed by atoms with Crippen molar-refractivity contribution in [2.24, 2.45) is 5.92 Å². The summed E-state index contributed by atoms with van der Waals surface area (Å²) in [4.78, 5) is 27.0. The zero-order chi connectivity index (χ0) is 18.5. The zero-order valence-electron chi connectivity index (χ0n) is 14.6. The summed E-state index contributed by atoms with van der Waals surface area (Å²) in [5.74, 6) is 0.414. The summed E-state index contributed by atoms with van der Waals surface area (Å²) in [7, 11) is 1.56. The third-order valence-corrected chi connectivity index (χ3v) is 4.77. The van der Waals surface area contributed by atoms with Gasteiger partial charge in [0.05, 0.1) is 12.8 Å². The maximum absolute atomic E-state index is 12.7. The lowest BCUT2D eigenvalue weighted by Crippen LogP contribution is -2.44. The number of ketones is 1. The van der Waals surface area contributed by atoms with Crippen LogP contribution in [0.25, 0.3) is 0 Å². The second kappa shape index (κ2) is 8.23. The van der Waals surface area contributed by atoms with Gasteiger partial charge < -0.3 is 15.0 Å². The zero-order valence-corrected chi connectivity index (χ0v) is 15.3. The lowest BCUT2D eigenvalue weighted by Gasteiger charge is -2.32. The van der Waals surface area contributed by atoms with Gasteiger partial charge in [-0.1, -0.05) is 35.9 Å². The lowest BCUT2D eigenvalue weighted by atomic mass is 9.90. The van der Waals surface area contributed by atoms with Crippen molar-refractivity contribution in [1.82, 2.24) is 4.90 Å². The predicted octanol–water partition coefficient (Wildman–Crippen LogP) is 4.48. The SMILES string of the molecule is COc1ccccc1NC(=O)N1CCC[C@@H](C(=O)c2cccc(Cl)c2)C1. The number of nitrogens with one attached hydrogen (secondary N) is 1. The van der Waals surface area contributed by atoms with Crippen molar-refractivity contribution >= 4 is 29.1 Å². The van der Waals surface area contributed by atoms with Gasteiger partial charge in [-0.3, -0.25) is 4.79 Å². The Bertz CT molecular complexity index is 809. The topological polar surface area (TPSA) is 58.6 Å². The minimum Gasteiger partial charge on any atom is -0.495 e. The molecule has 2 aromatic rings. The normalized spacial score (nSPS) is 16.8. The van der Waals surface area contributed by atoms with Crippen LogP contribution in [0.15, 0.2) is 48.5 Å². The second-order valence-electron chi connectivity index (χ2n) is 6.29. The molecule has 0 bridgehead atoms. The smallest absolute Gasteiger partial charge is 0.321 e. The fourth-order valence-corrected chi connectivity index (χ4v) is 3.39. The maximum Gasteiger partial charge on any atom is 0.321 e. The molecule has 136 valence electrons. The Morgan fingerprint density at radius 2 is 2.00 bits per heavy atom. The number of nitrogens with zero attached hydrogens (tertiary/aromatic N) is 1. The summed E-state index contributed by atoms with van der Waals surface area (Å²) >= 11 is 5.99. The lowest BCUT2D eigenvalue weighted by molar-refractivity contribution is 0.0851. The first kappa shape index (κ1) is 18.3. The van der Waals surface area contributed by atoms with Crippen molar-refractivity contribution in [2.45, 2.75) is 12.8 Å². The number of rotatable bonds is 4. The highest BCUT2D eigenvalue weighted by Crippen LogP contribution is 2.26. The van der Waals surface area contributed by atoms with Gasteiger partial charge in [-0.15, -0.1) is 0 Å². The van der Waals surface area contributed by atoms with Crippen LogP contribution in [0.1, 0.15) is 23.2 Å². The van der Waals surface area contributed by atoms with E-state index in [0.717, 1.165) is 12.8 Å². The van der Waals surface area contributed by atoms with E-state index in [2.05, 4.69) is 5.32 Å². The largest absolute Gasteiger partial charge is 0.495 e. The molecule has 2 amide bonds. The summed E-state index contributed by atoms with van der Waals surface area (Å²) < 4.78 is 5.26. The highest BCUT2D eigenvalue weighted by Gasteiger charge is 2.29. The summed E-state index contributed by atoms with van der Waals surface area (Å²) in [5, 5.41) is 3.41. The molecule has 1 heterocycles. The molecule has 1 saturated heterocycles. The molecule has 1 aliphatic rings. The Labute approximate surface area is 157 Å². The first-order chi connectivity index (χ1) is 12.6. The predicted molar refractivity (Wildman–Crippen MR) is 102 cm³/mol. The first-order valence-corrected chi connectivity index (χ1v) is 8.95. The number of piperidine rings is 1. The van der Waals surface area contributed by atoms with Gasteiger partial charge in [0, 0.05) is 29.6 Å². The molecule has 0 aromatic heterocycles. The highest BCUT2D eigenvalue weighted by atomic mass is 35.5. The van der Waals surface area contributed by atoms with Crippen molar-refractivity contribution in [1.29, 1.82) is 0 Å². The Hall–Kier alpha value is -2.53. The molecule has 0 unspecified atom stereocenters. The molecule has 0 aliphatic carbocycles. The molecule has 5 nitrogen and oxygen atoms in total. The number of urea groups is 1. The van der Waals surface area contributed by atoms with E-state index in [0.29, 0.717) is 35.1 Å². The van der Waals surface area contributed by atoms with Crippen LogP contribution in [-0.4, -0.2) is 36.9 Å². The number of hydrogen-bond donors (Lipinski definition) is 1. The van der Waals surface area contributed by atoms with Crippen molar-refractivity contribution in [3.8, 4) is 5.75 Å². The Morgan fingerprint density at radius 3 is 2.77 bits per heavy atom. The Kier molecular flexibility index (Phi) is 5.78. The molecular formula is C20H21ClN2O3. The van der Waals surface area contributed by atoms with Crippen LogP contribution in [0, 0.1) is 5.92 Å². The number of carbonyl (C=O) groups is 2. The van der Waals surface area contributed by atoms with Gasteiger partial charge in [0.1, 0.15) is 5.75 Å². The third kappa shape index (κ3) is 4.17. The van der Waals surface area contributed by atoms with Crippen LogP contribution < -0.4 is 10.1 Å². The average molecular weight is 373 g/mol. The number of Topliss-reactive ketones (excluding diaryl/α,β-unsaturated/α-hetero) is 1. The minimum atomic E-state index is -0.224. The van der Waals surface area contributed by atoms with Crippen LogP contribution >= 0.6 is 11.6 Å². The maximum atomic E-state index is 12.7. The van der Waals surface area contributed by atoms with E-state index < -0.39 is 0 Å². The summed E-state index contributed by atoms with van der Waals surface area (Å²) in [6, 6.07) is 14.0. The Balaban J connectivity index is 1.68. The molecule has 0 radical (unpaired) electrons. The van der Waals surface area contributed by atoms with Gasteiger partial charge >= 0.3 is 6.03 Å². The van der Waals surface area contributed by atoms with Gasteiger partial charge in [-0.2, -0.15) is 0 Å². The molecule has 3 rings (SSSR count). The van der Waals surface area contributed by atoms with E-state index in [4.69, 9.17) is 16.3 Å². The van der Waals surface area contributed by atoms with E-state index in [-0.39, 0.29) is 17.7 Å². The molecule has 1 aliphatic heterocycles. The van der Waals surface area contributed by atoms with E-state index in [1.165, 1.54) is 0 Å². The van der Waals surface area contributed by atoms with Gasteiger partial charge in [-0.05, 0) is 37.1 Å². The quantitative estimate of drug-likeness (QED) is 0.805. The summed E-state index contributed by atoms with van der Waals surface area (Å²) in [5.41, 5.74) is 1.21. The van der Waals surface area contributed by atoms with Gasteiger partial charge in [-0.25, -0.2) is 4.79 Å². The van der Waals surface area contributed by atoms with Crippen LogP contribution in [0.4, 0.5) is 10.5 Å². The fraction of sp³-hybridized carbons (Fsp3) is 0.300. The standard InChI is InChI=1S/C20H21ClN2O3/c1-26-18-10-3-2-9-17(18)22-20(25)23-11-5-7-15(13-23)19(24)14-6-4-8-16(21)12-14/h2-4,6,8-10,12,15H,5,7,11,13H2,1H3,(H,22,25)/t15-/m1/s1. The van der Waals surface area contributed by atoms with Crippen LogP contribution in [0.5, 0.6) is 5.75 Å². The van der Waals surface area contributed by atoms with Crippen LogP contribution in [-0.2, 0) is 0 Å². The number of anilines is 1. The van der Waals surface area contributed by atoms with Crippen LogP contribution in [0.2, 0.25) is 5.02 Å². The molecular weight excluding hydrogens is 352 g/mol. The van der Waals surface area contributed by atoms with Crippen molar-refractivity contribution in [3.63, 3.8) is 0 Å².